The Morgan fingerprint density at radius 1 is 1.21 bits per heavy atom. The average Bonchev–Trinajstić information content (AvgIpc) is 3.20. The molecule has 1 aromatic rings. The van der Waals surface area contributed by atoms with E-state index in [9.17, 15) is 4.79 Å². The van der Waals surface area contributed by atoms with Crippen LogP contribution >= 0.6 is 0 Å². The first-order chi connectivity index (χ1) is 14.2. The van der Waals surface area contributed by atoms with E-state index >= 15 is 0 Å². The third kappa shape index (κ3) is 1.76. The van der Waals surface area contributed by atoms with Crippen molar-refractivity contribution < 1.29 is 19.0 Å². The normalized spacial score (nSPS) is 41.0. The molecule has 1 saturated carbocycles. The lowest BCUT2D eigenvalue weighted by Crippen LogP contribution is -2.69. The molecule has 6 nitrogen and oxygen atoms in total. The first-order valence-electron chi connectivity index (χ1n) is 10.8. The molecule has 4 fully saturated rings. The largest absolute Gasteiger partial charge is 0.493 e. The lowest BCUT2D eigenvalue weighted by atomic mass is 9.53. The number of carbonyl (C=O) groups excluding carboxylic acids is 1. The Hall–Kier alpha value is -2.05. The van der Waals surface area contributed by atoms with Crippen LogP contribution in [0.25, 0.3) is 0 Å². The molecule has 2 bridgehead atoms. The maximum absolute atomic E-state index is 13.5. The molecule has 6 atom stereocenters. The molecule has 1 spiro atoms. The maximum Gasteiger partial charge on any atom is 0.229 e. The highest BCUT2D eigenvalue weighted by atomic mass is 16.5. The molecule has 0 aromatic heterocycles. The molecule has 1 aromatic carbocycles. The second-order valence-corrected chi connectivity index (χ2v) is 9.48. The van der Waals surface area contributed by atoms with Gasteiger partial charge in [0.15, 0.2) is 11.5 Å². The number of anilines is 1. The van der Waals surface area contributed by atoms with Gasteiger partial charge in [0, 0.05) is 30.0 Å². The van der Waals surface area contributed by atoms with Crippen molar-refractivity contribution in [2.45, 2.75) is 42.9 Å². The van der Waals surface area contributed by atoms with Crippen LogP contribution in [0.5, 0.6) is 11.5 Å². The lowest BCUT2D eigenvalue weighted by molar-refractivity contribution is -0.132. The Labute approximate surface area is 170 Å². The average molecular weight is 394 g/mol. The van der Waals surface area contributed by atoms with Crippen LogP contribution in [0.15, 0.2) is 23.8 Å². The predicted molar refractivity (Wildman–Crippen MR) is 107 cm³/mol. The summed E-state index contributed by atoms with van der Waals surface area (Å²) in [6.45, 7) is 2.80. The predicted octanol–water partition coefficient (Wildman–Crippen LogP) is 2.11. The maximum atomic E-state index is 13.5. The SMILES string of the molecule is COc1cc2c(cc1OC)[C@@]13CCN4CC5=CCO[C@H]6CC(=O)N2[C@H]1C6[C@H]5C[C@@H]43. The van der Waals surface area contributed by atoms with Crippen LogP contribution in [0.4, 0.5) is 5.69 Å². The topological polar surface area (TPSA) is 51.2 Å². The summed E-state index contributed by atoms with van der Waals surface area (Å²) in [5.41, 5.74) is 3.85. The number of hydrogen-bond acceptors (Lipinski definition) is 5. The Morgan fingerprint density at radius 2 is 2.03 bits per heavy atom. The number of methoxy groups -OCH3 is 2. The van der Waals surface area contributed by atoms with Gasteiger partial charge in [0.2, 0.25) is 5.91 Å². The van der Waals surface area contributed by atoms with Gasteiger partial charge in [-0.05, 0) is 36.9 Å². The minimum Gasteiger partial charge on any atom is -0.493 e. The summed E-state index contributed by atoms with van der Waals surface area (Å²) in [6, 6.07) is 4.87. The minimum atomic E-state index is -0.0242. The van der Waals surface area contributed by atoms with Gasteiger partial charge in [-0.15, -0.1) is 0 Å². The first-order valence-corrected chi connectivity index (χ1v) is 10.8. The van der Waals surface area contributed by atoms with Gasteiger partial charge in [-0.1, -0.05) is 11.6 Å². The molecular weight excluding hydrogens is 368 g/mol. The van der Waals surface area contributed by atoms with Crippen LogP contribution in [-0.4, -0.2) is 62.9 Å². The van der Waals surface area contributed by atoms with Crippen molar-refractivity contribution in [1.82, 2.24) is 4.90 Å². The fourth-order valence-corrected chi connectivity index (χ4v) is 7.87. The molecule has 1 amide bonds. The van der Waals surface area contributed by atoms with Crippen LogP contribution in [0, 0.1) is 11.8 Å². The number of rotatable bonds is 2. The van der Waals surface area contributed by atoms with E-state index in [-0.39, 0.29) is 23.5 Å². The summed E-state index contributed by atoms with van der Waals surface area (Å²) in [5, 5.41) is 0. The second kappa shape index (κ2) is 5.35. The number of benzene rings is 1. The summed E-state index contributed by atoms with van der Waals surface area (Å²) >= 11 is 0. The Balaban J connectivity index is 1.52. The third-order valence-electron chi connectivity index (χ3n) is 8.81. The number of ether oxygens (including phenoxy) is 3. The molecule has 1 aliphatic carbocycles. The van der Waals surface area contributed by atoms with Crippen molar-refractivity contribution in [3.8, 4) is 11.5 Å². The van der Waals surface area contributed by atoms with Crippen molar-refractivity contribution >= 4 is 11.6 Å². The Kier molecular flexibility index (Phi) is 3.08. The highest BCUT2D eigenvalue weighted by molar-refractivity contribution is 5.99. The number of amides is 1. The number of piperidine rings is 2. The zero-order valence-corrected chi connectivity index (χ0v) is 16.9. The lowest BCUT2D eigenvalue weighted by Gasteiger charge is -2.58. The fourth-order valence-electron chi connectivity index (χ4n) is 7.87. The molecule has 1 unspecified atom stereocenters. The van der Waals surface area contributed by atoms with Crippen LogP contribution < -0.4 is 14.4 Å². The first kappa shape index (κ1) is 16.7. The zero-order valence-electron chi connectivity index (χ0n) is 16.9. The van der Waals surface area contributed by atoms with Gasteiger partial charge in [0.1, 0.15) is 0 Å². The van der Waals surface area contributed by atoms with E-state index in [1.807, 2.05) is 6.07 Å². The molecule has 0 N–H and O–H groups in total. The number of fused-ring (bicyclic) bond motifs is 2. The van der Waals surface area contributed by atoms with Gasteiger partial charge in [-0.2, -0.15) is 0 Å². The molecule has 0 radical (unpaired) electrons. The summed E-state index contributed by atoms with van der Waals surface area (Å²) in [6.07, 6.45) is 5.11. The van der Waals surface area contributed by atoms with E-state index in [1.54, 1.807) is 19.8 Å². The van der Waals surface area contributed by atoms with Crippen LogP contribution in [0.2, 0.25) is 0 Å². The smallest absolute Gasteiger partial charge is 0.229 e. The number of hydrogen-bond donors (Lipinski definition) is 0. The van der Waals surface area contributed by atoms with Crippen LogP contribution in [0.1, 0.15) is 24.8 Å². The van der Waals surface area contributed by atoms with Crippen molar-refractivity contribution in [1.29, 1.82) is 0 Å². The van der Waals surface area contributed by atoms with Crippen molar-refractivity contribution in [2.75, 3.05) is 38.8 Å². The van der Waals surface area contributed by atoms with Gasteiger partial charge in [0.05, 0.1) is 45.1 Å². The molecule has 3 saturated heterocycles. The van der Waals surface area contributed by atoms with Gasteiger partial charge in [0.25, 0.3) is 0 Å². The summed E-state index contributed by atoms with van der Waals surface area (Å²) in [7, 11) is 3.36. The molecule has 7 rings (SSSR count). The van der Waals surface area contributed by atoms with E-state index in [1.165, 1.54) is 12.0 Å². The third-order valence-corrected chi connectivity index (χ3v) is 8.81. The zero-order chi connectivity index (χ0) is 19.5. The Bertz CT molecular complexity index is 974. The number of carbonyl (C=O) groups is 1. The van der Waals surface area contributed by atoms with E-state index in [0.717, 1.165) is 30.9 Å². The summed E-state index contributed by atoms with van der Waals surface area (Å²) in [4.78, 5) is 18.3. The standard InChI is InChI=1S/C23H26N2O4/c1-27-16-8-14-15(9-17(16)28-2)25-20(26)10-18-21-13-7-19-23(14,22(21)25)4-5-24(19)11-12(13)3-6-29-18/h3,8-9,13,18-19,21-22H,4-7,10-11H2,1-2H3/t13-,18-,19+,21?,22-,23+/m0/s1. The van der Waals surface area contributed by atoms with Crippen molar-refractivity contribution in [3.63, 3.8) is 0 Å². The van der Waals surface area contributed by atoms with Crippen molar-refractivity contribution in [3.05, 3.63) is 29.3 Å². The van der Waals surface area contributed by atoms with Gasteiger partial charge in [-0.25, -0.2) is 0 Å². The van der Waals surface area contributed by atoms with Gasteiger partial charge in [-0.3, -0.25) is 9.69 Å². The van der Waals surface area contributed by atoms with Gasteiger partial charge >= 0.3 is 0 Å². The highest BCUT2D eigenvalue weighted by Gasteiger charge is 2.71. The van der Waals surface area contributed by atoms with E-state index < -0.39 is 0 Å². The molecule has 152 valence electrons. The molecule has 5 heterocycles. The molecule has 6 heteroatoms. The molecule has 5 aliphatic heterocycles. The van der Waals surface area contributed by atoms with E-state index in [0.29, 0.717) is 36.7 Å². The minimum absolute atomic E-state index is 0.0242. The van der Waals surface area contributed by atoms with Crippen molar-refractivity contribution in [2.24, 2.45) is 11.8 Å². The second-order valence-electron chi connectivity index (χ2n) is 9.48. The van der Waals surface area contributed by atoms with Crippen LogP contribution in [0.3, 0.4) is 0 Å². The molecular formula is C23H26N2O4. The molecule has 29 heavy (non-hydrogen) atoms. The van der Waals surface area contributed by atoms with Gasteiger partial charge < -0.3 is 19.1 Å². The van der Waals surface area contributed by atoms with E-state index in [4.69, 9.17) is 14.2 Å². The molecule has 6 aliphatic rings. The summed E-state index contributed by atoms with van der Waals surface area (Å²) in [5.74, 6) is 2.57. The monoisotopic (exact) mass is 394 g/mol. The number of nitrogens with zero attached hydrogens (tertiary/aromatic N) is 2. The summed E-state index contributed by atoms with van der Waals surface area (Å²) < 4.78 is 17.6. The highest BCUT2D eigenvalue weighted by Crippen LogP contribution is 2.66. The fraction of sp³-hybridized carbons (Fsp3) is 0.609. The van der Waals surface area contributed by atoms with E-state index in [2.05, 4.69) is 21.9 Å². The van der Waals surface area contributed by atoms with Crippen LogP contribution in [-0.2, 0) is 14.9 Å². The Morgan fingerprint density at radius 3 is 2.86 bits per heavy atom. The quantitative estimate of drug-likeness (QED) is 0.719.